The van der Waals surface area contributed by atoms with Crippen LogP contribution in [-0.4, -0.2) is 25.5 Å². The fraction of sp³-hybridized carbons (Fsp3) is 0.500. The van der Waals surface area contributed by atoms with Gasteiger partial charge in [0.25, 0.3) is 0 Å². The number of benzene rings is 1. The Labute approximate surface area is 131 Å². The molecule has 22 heavy (non-hydrogen) atoms. The molecule has 118 valence electrons. The summed E-state index contributed by atoms with van der Waals surface area (Å²) in [5.74, 6) is 0.785. The first kappa shape index (κ1) is 15.1. The summed E-state index contributed by atoms with van der Waals surface area (Å²) in [5, 5.41) is 7.44. The molecule has 0 saturated carbocycles. The summed E-state index contributed by atoms with van der Waals surface area (Å²) in [4.78, 5) is 12.1. The third-order valence-corrected chi connectivity index (χ3v) is 4.66. The lowest BCUT2D eigenvalue weighted by Gasteiger charge is -2.09. The maximum atomic E-state index is 12.1. The fourth-order valence-corrected chi connectivity index (χ4v) is 3.09. The summed E-state index contributed by atoms with van der Waals surface area (Å²) in [5.41, 5.74) is 4.27. The SMILES string of the molecule is Cc1cc2occ(CC(=O)NCCC3CCNC3)c2cc1C. The van der Waals surface area contributed by atoms with Crippen LogP contribution in [0.3, 0.4) is 0 Å². The number of hydrogen-bond donors (Lipinski definition) is 2. The van der Waals surface area contributed by atoms with Crippen LogP contribution in [0.15, 0.2) is 22.8 Å². The van der Waals surface area contributed by atoms with E-state index in [1.54, 1.807) is 6.26 Å². The van der Waals surface area contributed by atoms with Gasteiger partial charge in [0.05, 0.1) is 12.7 Å². The number of fused-ring (bicyclic) bond motifs is 1. The van der Waals surface area contributed by atoms with Crippen LogP contribution in [0, 0.1) is 19.8 Å². The Morgan fingerprint density at radius 2 is 2.18 bits per heavy atom. The number of amides is 1. The van der Waals surface area contributed by atoms with Crippen LogP contribution >= 0.6 is 0 Å². The summed E-state index contributed by atoms with van der Waals surface area (Å²) in [6.07, 6.45) is 4.38. The predicted molar refractivity (Wildman–Crippen MR) is 88.0 cm³/mol. The average Bonchev–Trinajstić information content (AvgIpc) is 3.11. The zero-order valence-corrected chi connectivity index (χ0v) is 13.4. The van der Waals surface area contributed by atoms with Gasteiger partial charge in [-0.2, -0.15) is 0 Å². The van der Waals surface area contributed by atoms with E-state index in [9.17, 15) is 4.79 Å². The van der Waals surface area contributed by atoms with Gasteiger partial charge in [-0.05, 0) is 69.0 Å². The molecule has 4 nitrogen and oxygen atoms in total. The van der Waals surface area contributed by atoms with E-state index >= 15 is 0 Å². The summed E-state index contributed by atoms with van der Waals surface area (Å²) in [6.45, 7) is 7.11. The van der Waals surface area contributed by atoms with Crippen molar-refractivity contribution in [3.63, 3.8) is 0 Å². The van der Waals surface area contributed by atoms with Crippen molar-refractivity contribution in [1.82, 2.24) is 10.6 Å². The Bertz CT molecular complexity index is 669. The van der Waals surface area contributed by atoms with E-state index in [0.29, 0.717) is 12.3 Å². The number of carbonyl (C=O) groups excluding carboxylic acids is 1. The van der Waals surface area contributed by atoms with E-state index in [-0.39, 0.29) is 5.91 Å². The van der Waals surface area contributed by atoms with Crippen molar-refractivity contribution in [3.8, 4) is 0 Å². The number of nitrogens with one attached hydrogen (secondary N) is 2. The molecule has 1 aromatic carbocycles. The molecular weight excluding hydrogens is 276 g/mol. The second kappa shape index (κ2) is 6.53. The van der Waals surface area contributed by atoms with Crippen LogP contribution in [0.2, 0.25) is 0 Å². The highest BCUT2D eigenvalue weighted by molar-refractivity contribution is 5.88. The zero-order valence-electron chi connectivity index (χ0n) is 13.4. The summed E-state index contributed by atoms with van der Waals surface area (Å²) in [6, 6.07) is 4.15. The molecule has 2 N–H and O–H groups in total. The standard InChI is InChI=1S/C18H24N2O2/c1-12-7-16-15(11-22-17(16)8-13(12)2)9-18(21)20-6-4-14-3-5-19-10-14/h7-8,11,14,19H,3-6,9-10H2,1-2H3,(H,20,21). The van der Waals surface area contributed by atoms with Crippen molar-refractivity contribution < 1.29 is 9.21 Å². The van der Waals surface area contributed by atoms with Crippen LogP contribution in [0.5, 0.6) is 0 Å². The van der Waals surface area contributed by atoms with Crippen molar-refractivity contribution in [2.24, 2.45) is 5.92 Å². The second-order valence-corrected chi connectivity index (χ2v) is 6.37. The molecule has 1 unspecified atom stereocenters. The van der Waals surface area contributed by atoms with Crippen LogP contribution in [0.25, 0.3) is 11.0 Å². The number of carbonyl (C=O) groups is 1. The largest absolute Gasteiger partial charge is 0.464 e. The molecule has 0 radical (unpaired) electrons. The van der Waals surface area contributed by atoms with Crippen LogP contribution in [-0.2, 0) is 11.2 Å². The maximum absolute atomic E-state index is 12.1. The quantitative estimate of drug-likeness (QED) is 0.892. The van der Waals surface area contributed by atoms with Gasteiger partial charge in [-0.25, -0.2) is 0 Å². The number of aryl methyl sites for hydroxylation is 2. The number of furan rings is 1. The molecule has 1 aliphatic heterocycles. The highest BCUT2D eigenvalue weighted by Gasteiger charge is 2.15. The van der Waals surface area contributed by atoms with Gasteiger partial charge in [0, 0.05) is 17.5 Å². The number of rotatable bonds is 5. The van der Waals surface area contributed by atoms with Gasteiger partial charge < -0.3 is 15.1 Å². The topological polar surface area (TPSA) is 54.3 Å². The summed E-state index contributed by atoms with van der Waals surface area (Å²) >= 11 is 0. The Hall–Kier alpha value is -1.81. The van der Waals surface area contributed by atoms with E-state index in [1.807, 2.05) is 6.07 Å². The third kappa shape index (κ3) is 3.33. The van der Waals surface area contributed by atoms with E-state index in [4.69, 9.17) is 4.42 Å². The van der Waals surface area contributed by atoms with E-state index in [0.717, 1.165) is 42.6 Å². The normalized spacial score (nSPS) is 18.0. The van der Waals surface area contributed by atoms with Gasteiger partial charge in [-0.3, -0.25) is 4.79 Å². The van der Waals surface area contributed by atoms with Gasteiger partial charge in [-0.1, -0.05) is 0 Å². The molecule has 0 spiro atoms. The van der Waals surface area contributed by atoms with Crippen LogP contribution in [0.4, 0.5) is 0 Å². The van der Waals surface area contributed by atoms with Crippen molar-refractivity contribution in [2.75, 3.05) is 19.6 Å². The minimum atomic E-state index is 0.0758. The highest BCUT2D eigenvalue weighted by atomic mass is 16.3. The minimum absolute atomic E-state index is 0.0758. The molecule has 1 atom stereocenters. The molecular formula is C18H24N2O2. The first-order valence-electron chi connectivity index (χ1n) is 8.08. The van der Waals surface area contributed by atoms with Gasteiger partial charge in [-0.15, -0.1) is 0 Å². The number of hydrogen-bond acceptors (Lipinski definition) is 3. The van der Waals surface area contributed by atoms with Gasteiger partial charge in [0.1, 0.15) is 5.58 Å². The van der Waals surface area contributed by atoms with Crippen molar-refractivity contribution in [3.05, 3.63) is 35.1 Å². The van der Waals surface area contributed by atoms with Gasteiger partial charge >= 0.3 is 0 Å². The highest BCUT2D eigenvalue weighted by Crippen LogP contribution is 2.25. The maximum Gasteiger partial charge on any atom is 0.224 e. The van der Waals surface area contributed by atoms with Crippen molar-refractivity contribution in [1.29, 1.82) is 0 Å². The predicted octanol–water partition coefficient (Wildman–Crippen LogP) is 2.71. The molecule has 1 saturated heterocycles. The van der Waals surface area contributed by atoms with E-state index < -0.39 is 0 Å². The molecule has 1 aromatic heterocycles. The lowest BCUT2D eigenvalue weighted by atomic mass is 10.0. The van der Waals surface area contributed by atoms with E-state index in [2.05, 4.69) is 30.5 Å². The molecule has 4 heteroatoms. The van der Waals surface area contributed by atoms with Gasteiger partial charge in [0.15, 0.2) is 0 Å². The Kier molecular flexibility index (Phi) is 4.48. The Morgan fingerprint density at radius 3 is 2.95 bits per heavy atom. The molecule has 2 heterocycles. The van der Waals surface area contributed by atoms with Crippen LogP contribution in [0.1, 0.15) is 29.5 Å². The minimum Gasteiger partial charge on any atom is -0.464 e. The fourth-order valence-electron chi connectivity index (χ4n) is 3.09. The first-order valence-corrected chi connectivity index (χ1v) is 8.08. The molecule has 1 amide bonds. The van der Waals surface area contributed by atoms with Crippen LogP contribution < -0.4 is 10.6 Å². The van der Waals surface area contributed by atoms with Crippen molar-refractivity contribution in [2.45, 2.75) is 33.1 Å². The molecule has 2 aromatic rings. The first-order chi connectivity index (χ1) is 10.6. The Balaban J connectivity index is 1.58. The summed E-state index contributed by atoms with van der Waals surface area (Å²) in [7, 11) is 0. The zero-order chi connectivity index (χ0) is 15.5. The molecule has 0 aliphatic carbocycles. The smallest absolute Gasteiger partial charge is 0.224 e. The summed E-state index contributed by atoms with van der Waals surface area (Å²) < 4.78 is 5.58. The third-order valence-electron chi connectivity index (χ3n) is 4.66. The molecule has 1 fully saturated rings. The monoisotopic (exact) mass is 300 g/mol. The lowest BCUT2D eigenvalue weighted by molar-refractivity contribution is -0.120. The van der Waals surface area contributed by atoms with E-state index in [1.165, 1.54) is 17.5 Å². The lowest BCUT2D eigenvalue weighted by Crippen LogP contribution is -2.27. The molecule has 1 aliphatic rings. The average molecular weight is 300 g/mol. The molecule has 0 bridgehead atoms. The Morgan fingerprint density at radius 1 is 1.36 bits per heavy atom. The molecule has 3 rings (SSSR count). The van der Waals surface area contributed by atoms with Crippen molar-refractivity contribution >= 4 is 16.9 Å². The second-order valence-electron chi connectivity index (χ2n) is 6.37. The van der Waals surface area contributed by atoms with Gasteiger partial charge in [0.2, 0.25) is 5.91 Å².